The molecule has 2 aromatic heterocycles. The van der Waals surface area contributed by atoms with E-state index in [4.69, 9.17) is 9.47 Å². The molecule has 0 atom stereocenters. The average Bonchev–Trinajstić information content (AvgIpc) is 2.60. The number of aromatic nitrogens is 3. The summed E-state index contributed by atoms with van der Waals surface area (Å²) in [6, 6.07) is 9.62. The Morgan fingerprint density at radius 3 is 2.48 bits per heavy atom. The fraction of sp³-hybridized carbons (Fsp3) is 0.235. The number of hydrogen-bond donors (Lipinski definition) is 0. The van der Waals surface area contributed by atoms with Crippen LogP contribution in [0.15, 0.2) is 42.9 Å². The standard InChI is InChI=1S/C17H18N4O2/c1-21(10-12-6-4-5-7-18-12)17-13-8-15(22-2)16(23-3)9-14(13)19-11-20-17/h4-9,11H,10H2,1-3H3. The SMILES string of the molecule is COc1cc2ncnc(N(C)Cc3ccccn3)c2cc1OC. The fourth-order valence-corrected chi connectivity index (χ4v) is 2.48. The van der Waals surface area contributed by atoms with Gasteiger partial charge in [-0.3, -0.25) is 4.98 Å². The van der Waals surface area contributed by atoms with Gasteiger partial charge in [0, 0.05) is 24.7 Å². The lowest BCUT2D eigenvalue weighted by atomic mass is 10.2. The van der Waals surface area contributed by atoms with Crippen molar-refractivity contribution in [3.63, 3.8) is 0 Å². The third kappa shape index (κ3) is 3.01. The molecule has 3 aromatic rings. The molecule has 0 saturated heterocycles. The van der Waals surface area contributed by atoms with Crippen LogP contribution in [-0.2, 0) is 6.54 Å². The van der Waals surface area contributed by atoms with E-state index >= 15 is 0 Å². The predicted molar refractivity (Wildman–Crippen MR) is 89.0 cm³/mol. The molecule has 0 unspecified atom stereocenters. The molecular weight excluding hydrogens is 292 g/mol. The molecule has 0 spiro atoms. The summed E-state index contributed by atoms with van der Waals surface area (Å²) in [5.74, 6) is 2.13. The average molecular weight is 310 g/mol. The Bertz CT molecular complexity index is 808. The first-order valence-electron chi connectivity index (χ1n) is 7.20. The first-order valence-corrected chi connectivity index (χ1v) is 7.20. The first-order chi connectivity index (χ1) is 11.2. The third-order valence-corrected chi connectivity index (χ3v) is 3.61. The molecule has 1 aromatic carbocycles. The normalized spacial score (nSPS) is 10.6. The molecule has 0 bridgehead atoms. The Hall–Kier alpha value is -2.89. The highest BCUT2D eigenvalue weighted by atomic mass is 16.5. The van der Waals surface area contributed by atoms with Crippen molar-refractivity contribution in [1.82, 2.24) is 15.0 Å². The molecule has 0 radical (unpaired) electrons. The molecule has 0 aliphatic rings. The van der Waals surface area contributed by atoms with E-state index in [0.717, 1.165) is 22.4 Å². The molecule has 118 valence electrons. The van der Waals surface area contributed by atoms with Crippen molar-refractivity contribution in [2.45, 2.75) is 6.54 Å². The van der Waals surface area contributed by atoms with Gasteiger partial charge >= 0.3 is 0 Å². The van der Waals surface area contributed by atoms with Gasteiger partial charge in [0.05, 0.1) is 32.0 Å². The zero-order chi connectivity index (χ0) is 16.2. The Morgan fingerprint density at radius 2 is 1.78 bits per heavy atom. The number of nitrogens with zero attached hydrogens (tertiary/aromatic N) is 4. The van der Waals surface area contributed by atoms with Crippen LogP contribution < -0.4 is 14.4 Å². The summed E-state index contributed by atoms with van der Waals surface area (Å²) < 4.78 is 10.7. The van der Waals surface area contributed by atoms with Gasteiger partial charge in [-0.25, -0.2) is 9.97 Å². The van der Waals surface area contributed by atoms with E-state index in [1.807, 2.05) is 42.3 Å². The maximum absolute atomic E-state index is 5.39. The van der Waals surface area contributed by atoms with E-state index in [0.29, 0.717) is 18.0 Å². The summed E-state index contributed by atoms with van der Waals surface area (Å²) in [5.41, 5.74) is 1.78. The molecule has 2 heterocycles. The Balaban J connectivity index is 2.03. The Morgan fingerprint density at radius 1 is 1.00 bits per heavy atom. The second-order valence-electron chi connectivity index (χ2n) is 5.10. The molecule has 0 aliphatic heterocycles. The van der Waals surface area contributed by atoms with Gasteiger partial charge in [-0.1, -0.05) is 6.07 Å². The molecular formula is C17H18N4O2. The number of anilines is 1. The lowest BCUT2D eigenvalue weighted by Gasteiger charge is -2.20. The highest BCUT2D eigenvalue weighted by Gasteiger charge is 2.14. The summed E-state index contributed by atoms with van der Waals surface area (Å²) in [7, 11) is 5.21. The van der Waals surface area contributed by atoms with Gasteiger partial charge in [-0.15, -0.1) is 0 Å². The maximum atomic E-state index is 5.39. The van der Waals surface area contributed by atoms with Crippen molar-refractivity contribution in [2.75, 3.05) is 26.2 Å². The third-order valence-electron chi connectivity index (χ3n) is 3.61. The minimum atomic E-state index is 0.650. The number of methoxy groups -OCH3 is 2. The topological polar surface area (TPSA) is 60.4 Å². The van der Waals surface area contributed by atoms with Gasteiger partial charge in [0.2, 0.25) is 0 Å². The lowest BCUT2D eigenvalue weighted by Crippen LogP contribution is -2.19. The zero-order valence-electron chi connectivity index (χ0n) is 13.4. The van der Waals surface area contributed by atoms with Gasteiger partial charge < -0.3 is 14.4 Å². The van der Waals surface area contributed by atoms with Crippen LogP contribution in [0.5, 0.6) is 11.5 Å². The summed E-state index contributed by atoms with van der Waals surface area (Å²) in [4.78, 5) is 15.1. The van der Waals surface area contributed by atoms with Crippen LogP contribution in [0.2, 0.25) is 0 Å². The van der Waals surface area contributed by atoms with Crippen LogP contribution in [0.25, 0.3) is 10.9 Å². The largest absolute Gasteiger partial charge is 0.493 e. The van der Waals surface area contributed by atoms with Gasteiger partial charge in [-0.05, 0) is 18.2 Å². The van der Waals surface area contributed by atoms with E-state index in [2.05, 4.69) is 15.0 Å². The van der Waals surface area contributed by atoms with E-state index in [1.165, 1.54) is 0 Å². The molecule has 0 N–H and O–H groups in total. The second kappa shape index (κ2) is 6.48. The molecule has 3 rings (SSSR count). The maximum Gasteiger partial charge on any atom is 0.162 e. The summed E-state index contributed by atoms with van der Waals surface area (Å²) in [6.45, 7) is 0.654. The number of benzene rings is 1. The predicted octanol–water partition coefficient (Wildman–Crippen LogP) is 2.68. The molecule has 0 saturated carbocycles. The van der Waals surface area contributed by atoms with Gasteiger partial charge in [0.25, 0.3) is 0 Å². The number of ether oxygens (including phenoxy) is 2. The van der Waals surface area contributed by atoms with Crippen molar-refractivity contribution < 1.29 is 9.47 Å². The molecule has 23 heavy (non-hydrogen) atoms. The van der Waals surface area contributed by atoms with Crippen molar-refractivity contribution in [3.05, 3.63) is 48.5 Å². The van der Waals surface area contributed by atoms with E-state index in [9.17, 15) is 0 Å². The van der Waals surface area contributed by atoms with Gasteiger partial charge in [0.15, 0.2) is 11.5 Å². The summed E-state index contributed by atoms with van der Waals surface area (Å²) >= 11 is 0. The molecule has 6 nitrogen and oxygen atoms in total. The number of pyridine rings is 1. The quantitative estimate of drug-likeness (QED) is 0.722. The van der Waals surface area contributed by atoms with Crippen molar-refractivity contribution in [1.29, 1.82) is 0 Å². The molecule has 0 fully saturated rings. The van der Waals surface area contributed by atoms with Crippen LogP contribution in [0.3, 0.4) is 0 Å². The van der Waals surface area contributed by atoms with Crippen LogP contribution in [-0.4, -0.2) is 36.2 Å². The zero-order valence-corrected chi connectivity index (χ0v) is 13.4. The van der Waals surface area contributed by atoms with Gasteiger partial charge in [0.1, 0.15) is 12.1 Å². The number of hydrogen-bond acceptors (Lipinski definition) is 6. The van der Waals surface area contributed by atoms with Gasteiger partial charge in [-0.2, -0.15) is 0 Å². The molecule has 0 aliphatic carbocycles. The highest BCUT2D eigenvalue weighted by molar-refractivity contribution is 5.91. The molecule has 0 amide bonds. The van der Waals surface area contributed by atoms with Crippen LogP contribution in [0, 0.1) is 0 Å². The monoisotopic (exact) mass is 310 g/mol. The van der Waals surface area contributed by atoms with Crippen molar-refractivity contribution >= 4 is 16.7 Å². The lowest BCUT2D eigenvalue weighted by molar-refractivity contribution is 0.356. The number of fused-ring (bicyclic) bond motifs is 1. The minimum Gasteiger partial charge on any atom is -0.493 e. The molecule has 6 heteroatoms. The number of rotatable bonds is 5. The fourth-order valence-electron chi connectivity index (χ4n) is 2.48. The van der Waals surface area contributed by atoms with Crippen molar-refractivity contribution in [3.8, 4) is 11.5 Å². The summed E-state index contributed by atoms with van der Waals surface area (Å²) in [6.07, 6.45) is 3.34. The van der Waals surface area contributed by atoms with Crippen LogP contribution >= 0.6 is 0 Å². The van der Waals surface area contributed by atoms with E-state index < -0.39 is 0 Å². The highest BCUT2D eigenvalue weighted by Crippen LogP contribution is 2.34. The van der Waals surface area contributed by atoms with E-state index in [1.54, 1.807) is 26.7 Å². The minimum absolute atomic E-state index is 0.650. The summed E-state index contributed by atoms with van der Waals surface area (Å²) in [5, 5.41) is 0.906. The van der Waals surface area contributed by atoms with Crippen LogP contribution in [0.1, 0.15) is 5.69 Å². The van der Waals surface area contributed by atoms with Crippen LogP contribution in [0.4, 0.5) is 5.82 Å². The first kappa shape index (κ1) is 15.0. The Labute approximate surface area is 134 Å². The van der Waals surface area contributed by atoms with E-state index in [-0.39, 0.29) is 0 Å². The Kier molecular flexibility index (Phi) is 4.23. The second-order valence-corrected chi connectivity index (χ2v) is 5.10. The smallest absolute Gasteiger partial charge is 0.162 e. The van der Waals surface area contributed by atoms with Crippen molar-refractivity contribution in [2.24, 2.45) is 0 Å².